The smallest absolute Gasteiger partial charge is 0.373 e. The molecule has 0 unspecified atom stereocenters. The summed E-state index contributed by atoms with van der Waals surface area (Å²) < 4.78 is 21.4. The Labute approximate surface area is 182 Å². The van der Waals surface area contributed by atoms with Crippen LogP contribution in [0.2, 0.25) is 0 Å². The van der Waals surface area contributed by atoms with E-state index in [1.54, 1.807) is 31.2 Å². The molecule has 0 aliphatic rings. The number of esters is 1. The third-order valence-electron chi connectivity index (χ3n) is 4.42. The van der Waals surface area contributed by atoms with Crippen molar-refractivity contribution in [3.8, 4) is 34.8 Å². The van der Waals surface area contributed by atoms with Crippen LogP contribution in [0.15, 0.2) is 39.5 Å². The van der Waals surface area contributed by atoms with Crippen molar-refractivity contribution in [2.24, 2.45) is 0 Å². The minimum atomic E-state index is -0.698. The van der Waals surface area contributed by atoms with Gasteiger partial charge in [0.15, 0.2) is 11.5 Å². The number of nitrogens with zero attached hydrogens (tertiary/aromatic N) is 2. The van der Waals surface area contributed by atoms with E-state index in [0.717, 1.165) is 0 Å². The summed E-state index contributed by atoms with van der Waals surface area (Å²) in [7, 11) is 1.25. The maximum atomic E-state index is 12.2. The highest BCUT2D eigenvalue weighted by atomic mass is 16.5. The highest BCUT2D eigenvalue weighted by Crippen LogP contribution is 2.36. The maximum absolute atomic E-state index is 12.2. The standard InChI is InChI=1S/C22H18N4O6/c1-3-30-18-8-12(19-14(9-23)20(25)26-21(27)15(19)10-24)4-6-16(18)31-11-13-5-7-17(32-13)22(28)29-2/h4-8H,3,11H2,1-2H3,(H3,25,26,27). The fraction of sp³-hybridized carbons (Fsp3) is 0.182. The second kappa shape index (κ2) is 9.41. The monoisotopic (exact) mass is 434 g/mol. The number of nitriles is 2. The molecule has 0 aliphatic heterocycles. The molecule has 1 aromatic carbocycles. The van der Waals surface area contributed by atoms with Gasteiger partial charge in [-0.3, -0.25) is 4.79 Å². The average Bonchev–Trinajstić information content (AvgIpc) is 3.26. The summed E-state index contributed by atoms with van der Waals surface area (Å²) in [6.07, 6.45) is 0. The van der Waals surface area contributed by atoms with E-state index in [2.05, 4.69) is 9.72 Å². The number of aromatic nitrogens is 1. The number of rotatable bonds is 7. The molecule has 2 aromatic heterocycles. The number of nitrogens with one attached hydrogen (secondary N) is 1. The molecule has 3 N–H and O–H groups in total. The summed E-state index contributed by atoms with van der Waals surface area (Å²) in [4.78, 5) is 26.0. The molecule has 0 aliphatic carbocycles. The van der Waals surface area contributed by atoms with Crippen LogP contribution in [0.25, 0.3) is 11.1 Å². The lowest BCUT2D eigenvalue weighted by Crippen LogP contribution is -2.16. The Hall–Kier alpha value is -4.70. The van der Waals surface area contributed by atoms with Gasteiger partial charge in [0.05, 0.1) is 13.7 Å². The van der Waals surface area contributed by atoms with Crippen LogP contribution in [0, 0.1) is 22.7 Å². The van der Waals surface area contributed by atoms with Crippen LogP contribution in [0.3, 0.4) is 0 Å². The number of H-pyrrole nitrogens is 1. The third kappa shape index (κ3) is 4.25. The van der Waals surface area contributed by atoms with Crippen molar-refractivity contribution in [2.45, 2.75) is 13.5 Å². The molecule has 0 radical (unpaired) electrons. The number of aromatic amines is 1. The molecule has 0 saturated carbocycles. The number of ether oxygens (including phenoxy) is 3. The Kier molecular flexibility index (Phi) is 6.47. The number of carbonyl (C=O) groups excluding carboxylic acids is 1. The van der Waals surface area contributed by atoms with Gasteiger partial charge < -0.3 is 29.3 Å². The Balaban J connectivity index is 1.98. The molecular formula is C22H18N4O6. The molecule has 32 heavy (non-hydrogen) atoms. The molecular weight excluding hydrogens is 416 g/mol. The zero-order valence-corrected chi connectivity index (χ0v) is 17.2. The second-order valence-electron chi connectivity index (χ2n) is 6.36. The van der Waals surface area contributed by atoms with Gasteiger partial charge in [0.1, 0.15) is 41.5 Å². The quantitative estimate of drug-likeness (QED) is 0.532. The Morgan fingerprint density at radius 1 is 1.12 bits per heavy atom. The molecule has 162 valence electrons. The van der Waals surface area contributed by atoms with Gasteiger partial charge in [-0.1, -0.05) is 6.07 Å². The van der Waals surface area contributed by atoms with Crippen molar-refractivity contribution in [1.29, 1.82) is 10.5 Å². The van der Waals surface area contributed by atoms with Gasteiger partial charge in [0.2, 0.25) is 5.76 Å². The molecule has 0 amide bonds. The molecule has 0 spiro atoms. The van der Waals surface area contributed by atoms with E-state index in [1.165, 1.54) is 13.2 Å². The Morgan fingerprint density at radius 2 is 1.88 bits per heavy atom. The molecule has 0 fully saturated rings. The number of furan rings is 1. The fourth-order valence-electron chi connectivity index (χ4n) is 3.00. The van der Waals surface area contributed by atoms with Crippen LogP contribution in [0.4, 0.5) is 5.82 Å². The van der Waals surface area contributed by atoms with Crippen LogP contribution in [-0.4, -0.2) is 24.7 Å². The van der Waals surface area contributed by atoms with Crippen molar-refractivity contribution in [2.75, 3.05) is 19.5 Å². The number of hydrogen-bond donors (Lipinski definition) is 2. The van der Waals surface area contributed by atoms with Gasteiger partial charge in [-0.2, -0.15) is 10.5 Å². The predicted octanol–water partition coefficient (Wildman–Crippen LogP) is 2.72. The van der Waals surface area contributed by atoms with Gasteiger partial charge in [-0.25, -0.2) is 4.79 Å². The largest absolute Gasteiger partial charge is 0.490 e. The van der Waals surface area contributed by atoms with Crippen molar-refractivity contribution >= 4 is 11.8 Å². The van der Waals surface area contributed by atoms with E-state index in [4.69, 9.17) is 19.6 Å². The minimum Gasteiger partial charge on any atom is -0.490 e. The molecule has 3 rings (SSSR count). The van der Waals surface area contributed by atoms with Crippen LogP contribution < -0.4 is 20.8 Å². The lowest BCUT2D eigenvalue weighted by atomic mass is 9.96. The predicted molar refractivity (Wildman–Crippen MR) is 112 cm³/mol. The molecule has 3 aromatic rings. The number of benzene rings is 1. The molecule has 0 bridgehead atoms. The zero-order valence-electron chi connectivity index (χ0n) is 17.2. The van der Waals surface area contributed by atoms with E-state index in [1.807, 2.05) is 12.1 Å². The summed E-state index contributed by atoms with van der Waals surface area (Å²) >= 11 is 0. The number of hydrogen-bond acceptors (Lipinski definition) is 9. The van der Waals surface area contributed by atoms with E-state index < -0.39 is 11.5 Å². The normalized spacial score (nSPS) is 10.1. The molecule has 10 heteroatoms. The highest BCUT2D eigenvalue weighted by Gasteiger charge is 2.20. The van der Waals surface area contributed by atoms with Crippen LogP contribution in [0.5, 0.6) is 11.5 Å². The summed E-state index contributed by atoms with van der Waals surface area (Å²) in [5, 5.41) is 19.0. The number of carbonyl (C=O) groups is 1. The first kappa shape index (κ1) is 22.0. The number of nitrogen functional groups attached to an aromatic ring is 1. The van der Waals surface area contributed by atoms with Crippen LogP contribution in [0.1, 0.15) is 34.4 Å². The van der Waals surface area contributed by atoms with E-state index >= 15 is 0 Å². The summed E-state index contributed by atoms with van der Waals surface area (Å²) in [6, 6.07) is 11.5. The summed E-state index contributed by atoms with van der Waals surface area (Å²) in [5.41, 5.74) is 5.31. The number of nitrogens with two attached hydrogens (primary N) is 1. The van der Waals surface area contributed by atoms with Crippen LogP contribution >= 0.6 is 0 Å². The van der Waals surface area contributed by atoms with Gasteiger partial charge in [-0.05, 0) is 36.8 Å². The van der Waals surface area contributed by atoms with Gasteiger partial charge in [-0.15, -0.1) is 0 Å². The molecule has 0 atom stereocenters. The van der Waals surface area contributed by atoms with Crippen molar-refractivity contribution < 1.29 is 23.4 Å². The molecule has 10 nitrogen and oxygen atoms in total. The number of pyridine rings is 1. The third-order valence-corrected chi connectivity index (χ3v) is 4.42. The lowest BCUT2D eigenvalue weighted by Gasteiger charge is -2.14. The van der Waals surface area contributed by atoms with Gasteiger partial charge in [0.25, 0.3) is 5.56 Å². The first-order valence-electron chi connectivity index (χ1n) is 9.36. The molecule has 2 heterocycles. The maximum Gasteiger partial charge on any atom is 0.373 e. The second-order valence-corrected chi connectivity index (χ2v) is 6.36. The van der Waals surface area contributed by atoms with Crippen molar-refractivity contribution in [1.82, 2.24) is 4.98 Å². The average molecular weight is 434 g/mol. The SMILES string of the molecule is CCOc1cc(-c2c(C#N)c(N)[nH]c(=O)c2C#N)ccc1OCc1ccc(C(=O)OC)o1. The Morgan fingerprint density at radius 3 is 2.53 bits per heavy atom. The highest BCUT2D eigenvalue weighted by molar-refractivity contribution is 5.86. The number of anilines is 1. The van der Waals surface area contributed by atoms with Gasteiger partial charge in [0, 0.05) is 5.56 Å². The molecule has 0 saturated heterocycles. The number of methoxy groups -OCH3 is 1. The Bertz CT molecular complexity index is 1310. The van der Waals surface area contributed by atoms with E-state index in [0.29, 0.717) is 29.4 Å². The fourth-order valence-corrected chi connectivity index (χ4v) is 3.00. The van der Waals surface area contributed by atoms with Gasteiger partial charge >= 0.3 is 5.97 Å². The lowest BCUT2D eigenvalue weighted by molar-refractivity contribution is 0.0561. The zero-order chi connectivity index (χ0) is 23.3. The first-order valence-corrected chi connectivity index (χ1v) is 9.36. The van der Waals surface area contributed by atoms with Crippen molar-refractivity contribution in [3.63, 3.8) is 0 Å². The van der Waals surface area contributed by atoms with E-state index in [-0.39, 0.29) is 34.9 Å². The minimum absolute atomic E-state index is 0.00125. The summed E-state index contributed by atoms with van der Waals surface area (Å²) in [5.74, 6) is 0.362. The topological polar surface area (TPSA) is 164 Å². The first-order chi connectivity index (χ1) is 15.4. The summed E-state index contributed by atoms with van der Waals surface area (Å²) in [6.45, 7) is 2.08. The van der Waals surface area contributed by atoms with E-state index in [9.17, 15) is 20.1 Å². The van der Waals surface area contributed by atoms with Crippen molar-refractivity contribution in [3.05, 3.63) is 63.3 Å². The van der Waals surface area contributed by atoms with Crippen LogP contribution in [-0.2, 0) is 11.3 Å².